The standard InChI is InChI=1S/C14H20N2O2/c1-14(2)11-16(9-8-15-14)13(17)10-18-12-6-4-3-5-7-12/h3-7,15H,8-11H2,1-2H3. The molecular formula is C14H20N2O2. The van der Waals surface area contributed by atoms with E-state index in [1.807, 2.05) is 35.2 Å². The van der Waals surface area contributed by atoms with E-state index in [4.69, 9.17) is 4.74 Å². The van der Waals surface area contributed by atoms with Crippen molar-refractivity contribution in [1.82, 2.24) is 10.2 Å². The van der Waals surface area contributed by atoms with Gasteiger partial charge in [-0.2, -0.15) is 0 Å². The summed E-state index contributed by atoms with van der Waals surface area (Å²) in [6.45, 7) is 6.63. The number of amides is 1. The smallest absolute Gasteiger partial charge is 0.260 e. The fourth-order valence-electron chi connectivity index (χ4n) is 2.11. The van der Waals surface area contributed by atoms with E-state index in [-0.39, 0.29) is 18.1 Å². The third kappa shape index (κ3) is 3.47. The molecule has 1 aromatic rings. The fourth-order valence-corrected chi connectivity index (χ4v) is 2.11. The van der Waals surface area contributed by atoms with Crippen LogP contribution in [0.25, 0.3) is 0 Å². The first-order valence-electron chi connectivity index (χ1n) is 6.27. The van der Waals surface area contributed by atoms with Crippen LogP contribution in [0.15, 0.2) is 30.3 Å². The van der Waals surface area contributed by atoms with E-state index in [0.29, 0.717) is 0 Å². The molecule has 0 aromatic heterocycles. The number of rotatable bonds is 3. The van der Waals surface area contributed by atoms with Crippen molar-refractivity contribution in [1.29, 1.82) is 0 Å². The quantitative estimate of drug-likeness (QED) is 0.876. The van der Waals surface area contributed by atoms with E-state index in [1.54, 1.807) is 0 Å². The van der Waals surface area contributed by atoms with Crippen molar-refractivity contribution in [3.8, 4) is 5.75 Å². The number of para-hydroxylation sites is 1. The number of carbonyl (C=O) groups excluding carboxylic acids is 1. The fraction of sp³-hybridized carbons (Fsp3) is 0.500. The Morgan fingerprint density at radius 2 is 2.11 bits per heavy atom. The zero-order valence-corrected chi connectivity index (χ0v) is 11.0. The van der Waals surface area contributed by atoms with Gasteiger partial charge in [-0.25, -0.2) is 0 Å². The lowest BCUT2D eigenvalue weighted by Crippen LogP contribution is -2.59. The maximum Gasteiger partial charge on any atom is 0.260 e. The number of carbonyl (C=O) groups is 1. The molecule has 1 aliphatic rings. The number of nitrogens with one attached hydrogen (secondary N) is 1. The minimum atomic E-state index is -0.0132. The van der Waals surface area contributed by atoms with Crippen LogP contribution in [-0.2, 0) is 4.79 Å². The molecule has 1 aliphatic heterocycles. The molecule has 98 valence electrons. The van der Waals surface area contributed by atoms with Crippen molar-refractivity contribution < 1.29 is 9.53 Å². The predicted molar refractivity (Wildman–Crippen MR) is 70.6 cm³/mol. The lowest BCUT2D eigenvalue weighted by Gasteiger charge is -2.39. The first-order chi connectivity index (χ1) is 8.57. The highest BCUT2D eigenvalue weighted by atomic mass is 16.5. The minimum absolute atomic E-state index is 0.0132. The summed E-state index contributed by atoms with van der Waals surface area (Å²) in [5.41, 5.74) is -0.0132. The van der Waals surface area contributed by atoms with Crippen LogP contribution < -0.4 is 10.1 Å². The Morgan fingerprint density at radius 1 is 1.39 bits per heavy atom. The summed E-state index contributed by atoms with van der Waals surface area (Å²) in [7, 11) is 0. The van der Waals surface area contributed by atoms with Gasteiger partial charge in [0.2, 0.25) is 0 Å². The molecule has 18 heavy (non-hydrogen) atoms. The molecule has 0 radical (unpaired) electrons. The van der Waals surface area contributed by atoms with Gasteiger partial charge in [0, 0.05) is 25.2 Å². The van der Waals surface area contributed by atoms with Crippen LogP contribution in [0.1, 0.15) is 13.8 Å². The summed E-state index contributed by atoms with van der Waals surface area (Å²) >= 11 is 0. The van der Waals surface area contributed by atoms with Gasteiger partial charge in [0.25, 0.3) is 5.91 Å². The van der Waals surface area contributed by atoms with Gasteiger partial charge in [0.1, 0.15) is 5.75 Å². The van der Waals surface area contributed by atoms with E-state index in [9.17, 15) is 4.79 Å². The largest absolute Gasteiger partial charge is 0.484 e. The molecule has 1 N–H and O–H groups in total. The van der Waals surface area contributed by atoms with Crippen molar-refractivity contribution in [2.45, 2.75) is 19.4 Å². The number of benzene rings is 1. The molecule has 1 aromatic carbocycles. The Kier molecular flexibility index (Phi) is 3.87. The Labute approximate surface area is 108 Å². The van der Waals surface area contributed by atoms with Crippen molar-refractivity contribution in [2.24, 2.45) is 0 Å². The van der Waals surface area contributed by atoms with E-state index < -0.39 is 0 Å². The lowest BCUT2D eigenvalue weighted by molar-refractivity contribution is -0.135. The zero-order valence-electron chi connectivity index (χ0n) is 11.0. The van der Waals surface area contributed by atoms with E-state index >= 15 is 0 Å². The Hall–Kier alpha value is -1.55. The topological polar surface area (TPSA) is 41.6 Å². The molecule has 1 amide bonds. The van der Waals surface area contributed by atoms with Crippen LogP contribution in [0.2, 0.25) is 0 Å². The molecule has 1 fully saturated rings. The highest BCUT2D eigenvalue weighted by molar-refractivity contribution is 5.78. The molecular weight excluding hydrogens is 228 g/mol. The van der Waals surface area contributed by atoms with Gasteiger partial charge in [0.05, 0.1) is 0 Å². The summed E-state index contributed by atoms with van der Waals surface area (Å²) < 4.78 is 5.48. The van der Waals surface area contributed by atoms with Gasteiger partial charge in [-0.1, -0.05) is 18.2 Å². The van der Waals surface area contributed by atoms with E-state index in [2.05, 4.69) is 19.2 Å². The van der Waals surface area contributed by atoms with E-state index in [0.717, 1.165) is 25.4 Å². The maximum atomic E-state index is 12.0. The summed E-state index contributed by atoms with van der Waals surface area (Å²) in [5.74, 6) is 0.786. The Morgan fingerprint density at radius 3 is 2.78 bits per heavy atom. The summed E-state index contributed by atoms with van der Waals surface area (Å²) in [5, 5.41) is 3.38. The molecule has 1 heterocycles. The van der Waals surface area contributed by atoms with Crippen LogP contribution in [0, 0.1) is 0 Å². The highest BCUT2D eigenvalue weighted by Gasteiger charge is 2.28. The lowest BCUT2D eigenvalue weighted by atomic mass is 10.0. The van der Waals surface area contributed by atoms with Gasteiger partial charge in [0.15, 0.2) is 6.61 Å². The number of piperazine rings is 1. The van der Waals surface area contributed by atoms with Crippen molar-refractivity contribution in [2.75, 3.05) is 26.2 Å². The number of hydrogen-bond donors (Lipinski definition) is 1. The molecule has 0 unspecified atom stereocenters. The highest BCUT2D eigenvalue weighted by Crippen LogP contribution is 2.12. The molecule has 4 nitrogen and oxygen atoms in total. The molecule has 2 rings (SSSR count). The first-order valence-corrected chi connectivity index (χ1v) is 6.27. The maximum absolute atomic E-state index is 12.0. The van der Waals surface area contributed by atoms with Crippen LogP contribution in [-0.4, -0.2) is 42.6 Å². The monoisotopic (exact) mass is 248 g/mol. The third-order valence-corrected chi connectivity index (χ3v) is 3.03. The number of hydrogen-bond acceptors (Lipinski definition) is 3. The molecule has 0 saturated carbocycles. The van der Waals surface area contributed by atoms with Gasteiger partial charge in [-0.15, -0.1) is 0 Å². The summed E-state index contributed by atoms with van der Waals surface area (Å²) in [6.07, 6.45) is 0. The van der Waals surface area contributed by atoms with E-state index in [1.165, 1.54) is 0 Å². The average Bonchev–Trinajstić information content (AvgIpc) is 2.36. The minimum Gasteiger partial charge on any atom is -0.484 e. The molecule has 0 bridgehead atoms. The average molecular weight is 248 g/mol. The third-order valence-electron chi connectivity index (χ3n) is 3.03. The van der Waals surface area contributed by atoms with Gasteiger partial charge >= 0.3 is 0 Å². The van der Waals surface area contributed by atoms with Gasteiger partial charge in [-0.05, 0) is 26.0 Å². The van der Waals surface area contributed by atoms with Crippen molar-refractivity contribution in [3.63, 3.8) is 0 Å². The SMILES string of the molecule is CC1(C)CN(C(=O)COc2ccccc2)CCN1. The normalized spacial score (nSPS) is 18.4. The van der Waals surface area contributed by atoms with Crippen molar-refractivity contribution >= 4 is 5.91 Å². The van der Waals surface area contributed by atoms with Gasteiger partial charge < -0.3 is 15.0 Å². The van der Waals surface area contributed by atoms with Gasteiger partial charge in [-0.3, -0.25) is 4.79 Å². The molecule has 4 heteroatoms. The zero-order chi connectivity index (χ0) is 13.0. The van der Waals surface area contributed by atoms with Crippen molar-refractivity contribution in [3.05, 3.63) is 30.3 Å². The molecule has 0 atom stereocenters. The Bertz CT molecular complexity index is 404. The first kappa shape index (κ1) is 12.9. The van der Waals surface area contributed by atoms with Crippen LogP contribution in [0.5, 0.6) is 5.75 Å². The molecule has 0 spiro atoms. The molecule has 1 saturated heterocycles. The predicted octanol–water partition coefficient (Wildman–Crippen LogP) is 1.28. The summed E-state index contributed by atoms with van der Waals surface area (Å²) in [4.78, 5) is 13.9. The second-order valence-corrected chi connectivity index (χ2v) is 5.23. The Balaban J connectivity index is 1.85. The number of nitrogens with zero attached hydrogens (tertiary/aromatic N) is 1. The van der Waals surface area contributed by atoms with Crippen LogP contribution in [0.4, 0.5) is 0 Å². The molecule has 0 aliphatic carbocycles. The van der Waals surface area contributed by atoms with Crippen LogP contribution >= 0.6 is 0 Å². The number of ether oxygens (including phenoxy) is 1. The second kappa shape index (κ2) is 5.40. The summed E-state index contributed by atoms with van der Waals surface area (Å²) in [6, 6.07) is 9.43. The van der Waals surface area contributed by atoms with Crippen LogP contribution in [0.3, 0.4) is 0 Å². The second-order valence-electron chi connectivity index (χ2n) is 5.23.